The lowest BCUT2D eigenvalue weighted by molar-refractivity contribution is -0.166. The Morgan fingerprint density at radius 2 is 0.627 bits per heavy atom. The summed E-state index contributed by atoms with van der Waals surface area (Å²) in [4.78, 5) is 37.9. The fourth-order valence-corrected chi connectivity index (χ4v) is 6.44. The van der Waals surface area contributed by atoms with E-state index in [9.17, 15) is 14.4 Å². The number of hydrogen-bond acceptors (Lipinski definition) is 6. The summed E-state index contributed by atoms with van der Waals surface area (Å²) in [5.74, 6) is -1.10. The van der Waals surface area contributed by atoms with E-state index in [0.717, 1.165) is 109 Å². The van der Waals surface area contributed by atoms with Gasteiger partial charge in [0.15, 0.2) is 6.10 Å². The minimum Gasteiger partial charge on any atom is -0.462 e. The van der Waals surface area contributed by atoms with Gasteiger partial charge in [0.1, 0.15) is 13.2 Å². The van der Waals surface area contributed by atoms with Gasteiger partial charge >= 0.3 is 17.9 Å². The Balaban J connectivity index is 4.56. The molecule has 0 aliphatic heterocycles. The highest BCUT2D eigenvalue weighted by Crippen LogP contribution is 2.11. The van der Waals surface area contributed by atoms with E-state index in [0.29, 0.717) is 19.3 Å². The van der Waals surface area contributed by atoms with Crippen molar-refractivity contribution in [1.29, 1.82) is 0 Å². The zero-order valence-corrected chi connectivity index (χ0v) is 42.6. The summed E-state index contributed by atoms with van der Waals surface area (Å²) >= 11 is 0. The Morgan fingerprint density at radius 1 is 0.313 bits per heavy atom. The molecule has 67 heavy (non-hydrogen) atoms. The van der Waals surface area contributed by atoms with E-state index in [-0.39, 0.29) is 38.0 Å². The van der Waals surface area contributed by atoms with Crippen molar-refractivity contribution in [3.8, 4) is 0 Å². The largest absolute Gasteiger partial charge is 0.462 e. The van der Waals surface area contributed by atoms with Gasteiger partial charge in [0, 0.05) is 19.3 Å². The molecule has 6 heteroatoms. The standard InChI is InChI=1S/C61H94O6/c1-4-7-10-13-16-19-22-25-26-27-28-29-30-31-32-33-34-37-39-42-45-48-51-54-60(63)66-57-58(67-61(64)55-52-49-46-43-40-36-24-21-18-15-12-9-6-3)56-65-59(62)53-50-47-44-41-38-35-23-20-17-14-11-8-5-2/h7,9-10,12,16,18-21,23,25-26,28-29,31-32,34,36-37,40,42,45-46,49,58H,4-6,8,11,13-15,17,22,24,27,30,33,35,38-39,41,43-44,47-48,50-57H2,1-3H3/b10-7-,12-9-,19-16-,21-18-,23-20-,26-25-,29-28-,32-31-,37-34-,40-36-,45-42-,49-46-. The quantitative estimate of drug-likeness (QED) is 0.0262. The van der Waals surface area contributed by atoms with Gasteiger partial charge in [0.25, 0.3) is 0 Å². The van der Waals surface area contributed by atoms with Crippen LogP contribution in [0, 0.1) is 0 Å². The summed E-state index contributed by atoms with van der Waals surface area (Å²) in [6.45, 7) is 6.24. The first-order valence-electron chi connectivity index (χ1n) is 26.3. The average molecular weight is 923 g/mol. The van der Waals surface area contributed by atoms with Crippen LogP contribution in [0.1, 0.15) is 201 Å². The second-order valence-corrected chi connectivity index (χ2v) is 16.7. The molecule has 0 saturated heterocycles. The normalized spacial score (nSPS) is 13.3. The fourth-order valence-electron chi connectivity index (χ4n) is 6.44. The number of unbranched alkanes of at least 4 members (excludes halogenated alkanes) is 10. The molecule has 0 radical (unpaired) electrons. The lowest BCUT2D eigenvalue weighted by Gasteiger charge is -2.18. The molecule has 6 nitrogen and oxygen atoms in total. The van der Waals surface area contributed by atoms with Crippen molar-refractivity contribution in [3.63, 3.8) is 0 Å². The molecular weight excluding hydrogens is 829 g/mol. The van der Waals surface area contributed by atoms with Crippen LogP contribution in [0.5, 0.6) is 0 Å². The van der Waals surface area contributed by atoms with Gasteiger partial charge in [0.2, 0.25) is 0 Å². The summed E-state index contributed by atoms with van der Waals surface area (Å²) in [7, 11) is 0. The van der Waals surface area contributed by atoms with Gasteiger partial charge in [-0.25, -0.2) is 0 Å². The van der Waals surface area contributed by atoms with Crippen molar-refractivity contribution in [2.45, 2.75) is 207 Å². The Bertz CT molecular complexity index is 1530. The molecule has 0 aromatic heterocycles. The molecular formula is C61H94O6. The maximum Gasteiger partial charge on any atom is 0.306 e. The number of allylic oxidation sites excluding steroid dienone is 24. The van der Waals surface area contributed by atoms with Crippen LogP contribution in [0.25, 0.3) is 0 Å². The number of hydrogen-bond donors (Lipinski definition) is 0. The SMILES string of the molecule is CC/C=C\C/C=C\C/C=C\C/C=C\C/C=C\C/C=C\C/C=C\CCCC(=O)OCC(COC(=O)CCCCCCC/C=C\CCCCCC)OC(=O)CC/C=C\C/C=C\C/C=C\C/C=C\CC. The Kier molecular flexibility index (Phi) is 50.1. The van der Waals surface area contributed by atoms with E-state index in [1.54, 1.807) is 0 Å². The Labute approximate surface area is 410 Å². The maximum absolute atomic E-state index is 12.7. The fraction of sp³-hybridized carbons (Fsp3) is 0.557. The minimum absolute atomic E-state index is 0.135. The van der Waals surface area contributed by atoms with Gasteiger partial charge in [-0.15, -0.1) is 0 Å². The highest BCUT2D eigenvalue weighted by Gasteiger charge is 2.19. The van der Waals surface area contributed by atoms with Crippen molar-refractivity contribution >= 4 is 17.9 Å². The van der Waals surface area contributed by atoms with Crippen LogP contribution < -0.4 is 0 Å². The van der Waals surface area contributed by atoms with Gasteiger partial charge in [-0.05, 0) is 122 Å². The van der Waals surface area contributed by atoms with E-state index < -0.39 is 12.1 Å². The maximum atomic E-state index is 12.7. The predicted molar refractivity (Wildman–Crippen MR) is 288 cm³/mol. The van der Waals surface area contributed by atoms with Crippen LogP contribution in [0.3, 0.4) is 0 Å². The molecule has 0 saturated carbocycles. The number of carbonyl (C=O) groups is 3. The monoisotopic (exact) mass is 923 g/mol. The summed E-state index contributed by atoms with van der Waals surface area (Å²) in [6, 6.07) is 0. The van der Waals surface area contributed by atoms with Crippen molar-refractivity contribution in [1.82, 2.24) is 0 Å². The molecule has 0 heterocycles. The third-order valence-corrected chi connectivity index (χ3v) is 10.3. The third kappa shape index (κ3) is 52.1. The molecule has 1 atom stereocenters. The molecule has 1 unspecified atom stereocenters. The molecule has 0 rings (SSSR count). The van der Waals surface area contributed by atoms with Crippen molar-refractivity contribution in [2.75, 3.05) is 13.2 Å². The first-order valence-corrected chi connectivity index (χ1v) is 26.3. The first-order chi connectivity index (χ1) is 33.0. The lowest BCUT2D eigenvalue weighted by atomic mass is 10.1. The van der Waals surface area contributed by atoms with Crippen molar-refractivity contribution in [2.24, 2.45) is 0 Å². The van der Waals surface area contributed by atoms with Gasteiger partial charge in [-0.2, -0.15) is 0 Å². The minimum atomic E-state index is -0.848. The van der Waals surface area contributed by atoms with Crippen molar-refractivity contribution < 1.29 is 28.6 Å². The second-order valence-electron chi connectivity index (χ2n) is 16.7. The zero-order chi connectivity index (χ0) is 48.6. The molecule has 0 aromatic carbocycles. The highest BCUT2D eigenvalue weighted by atomic mass is 16.6. The van der Waals surface area contributed by atoms with Crippen LogP contribution in [-0.4, -0.2) is 37.2 Å². The first kappa shape index (κ1) is 62.3. The summed E-state index contributed by atoms with van der Waals surface area (Å²) < 4.78 is 16.7. The topological polar surface area (TPSA) is 78.9 Å². The molecule has 0 aliphatic rings. The summed E-state index contributed by atoms with van der Waals surface area (Å²) in [6.07, 6.45) is 77.1. The van der Waals surface area contributed by atoms with E-state index in [1.807, 2.05) is 12.2 Å². The Hall–Kier alpha value is -4.71. The van der Waals surface area contributed by atoms with Gasteiger partial charge in [-0.1, -0.05) is 205 Å². The molecule has 0 aliphatic carbocycles. The summed E-state index contributed by atoms with van der Waals surface area (Å²) in [5, 5.41) is 0. The van der Waals surface area contributed by atoms with Crippen LogP contribution in [-0.2, 0) is 28.6 Å². The van der Waals surface area contributed by atoms with E-state index in [4.69, 9.17) is 14.2 Å². The van der Waals surface area contributed by atoms with Crippen LogP contribution in [0.15, 0.2) is 146 Å². The molecule has 374 valence electrons. The smallest absolute Gasteiger partial charge is 0.306 e. The molecule has 0 bridgehead atoms. The molecule has 0 amide bonds. The number of carbonyl (C=O) groups excluding carboxylic acids is 3. The average Bonchev–Trinajstić information content (AvgIpc) is 3.33. The summed E-state index contributed by atoms with van der Waals surface area (Å²) in [5.41, 5.74) is 0. The number of rotatable bonds is 45. The van der Waals surface area contributed by atoms with Crippen LogP contribution in [0.4, 0.5) is 0 Å². The van der Waals surface area contributed by atoms with Gasteiger partial charge in [0.05, 0.1) is 0 Å². The second kappa shape index (κ2) is 53.9. The van der Waals surface area contributed by atoms with Gasteiger partial charge in [-0.3, -0.25) is 14.4 Å². The molecule has 0 N–H and O–H groups in total. The molecule has 0 aromatic rings. The Morgan fingerprint density at radius 3 is 1.04 bits per heavy atom. The molecule has 0 fully saturated rings. The zero-order valence-electron chi connectivity index (χ0n) is 42.6. The number of esters is 3. The van der Waals surface area contributed by atoms with Crippen LogP contribution >= 0.6 is 0 Å². The number of ether oxygens (including phenoxy) is 3. The lowest BCUT2D eigenvalue weighted by Crippen LogP contribution is -2.30. The van der Waals surface area contributed by atoms with E-state index >= 15 is 0 Å². The van der Waals surface area contributed by atoms with E-state index in [2.05, 4.69) is 154 Å². The van der Waals surface area contributed by atoms with E-state index in [1.165, 1.54) is 38.5 Å². The van der Waals surface area contributed by atoms with Gasteiger partial charge < -0.3 is 14.2 Å². The van der Waals surface area contributed by atoms with Crippen molar-refractivity contribution in [3.05, 3.63) is 146 Å². The molecule has 0 spiro atoms. The third-order valence-electron chi connectivity index (χ3n) is 10.3. The van der Waals surface area contributed by atoms with Crippen LogP contribution in [0.2, 0.25) is 0 Å². The highest BCUT2D eigenvalue weighted by molar-refractivity contribution is 5.71. The predicted octanol–water partition coefficient (Wildman–Crippen LogP) is 17.6.